The van der Waals surface area contributed by atoms with E-state index in [2.05, 4.69) is 10.2 Å². The molecule has 5 heteroatoms. The molecular weight excluding hydrogens is 315 g/mol. The van der Waals surface area contributed by atoms with Crippen LogP contribution in [-0.4, -0.2) is 43.8 Å². The summed E-state index contributed by atoms with van der Waals surface area (Å²) in [7, 11) is 0. The van der Waals surface area contributed by atoms with Gasteiger partial charge in [-0.3, -0.25) is 4.90 Å². The van der Waals surface area contributed by atoms with Crippen molar-refractivity contribution in [3.63, 3.8) is 0 Å². The average molecular weight is 341 g/mol. The van der Waals surface area contributed by atoms with Crippen LogP contribution in [0, 0.1) is 11.7 Å². The summed E-state index contributed by atoms with van der Waals surface area (Å²) >= 11 is 6.12. The van der Waals surface area contributed by atoms with Crippen molar-refractivity contribution < 1.29 is 9.13 Å². The molecule has 0 amide bonds. The molecule has 0 radical (unpaired) electrons. The van der Waals surface area contributed by atoms with Crippen LogP contribution in [0.2, 0.25) is 5.02 Å². The molecule has 0 spiro atoms. The SMILES string of the molecule is Fc1cccc(Cl)c1CN1CCC(NCC2CCOCC2)CC1. The van der Waals surface area contributed by atoms with Crippen molar-refractivity contribution in [3.05, 3.63) is 34.6 Å². The molecule has 3 nitrogen and oxygen atoms in total. The minimum Gasteiger partial charge on any atom is -0.381 e. The lowest BCUT2D eigenvalue weighted by molar-refractivity contribution is 0.0642. The first-order valence-corrected chi connectivity index (χ1v) is 9.06. The van der Waals surface area contributed by atoms with E-state index < -0.39 is 0 Å². The molecule has 2 heterocycles. The highest BCUT2D eigenvalue weighted by Gasteiger charge is 2.22. The Kier molecular flexibility index (Phi) is 6.29. The number of rotatable bonds is 5. The summed E-state index contributed by atoms with van der Waals surface area (Å²) in [6, 6.07) is 5.50. The molecule has 1 aromatic rings. The standard InChI is InChI=1S/C18H26ClFN2O/c19-17-2-1-3-18(20)16(17)13-22-8-4-15(5-9-22)21-12-14-6-10-23-11-7-14/h1-3,14-15,21H,4-13H2. The maximum Gasteiger partial charge on any atom is 0.129 e. The zero-order valence-electron chi connectivity index (χ0n) is 13.6. The van der Waals surface area contributed by atoms with Gasteiger partial charge in [0.05, 0.1) is 0 Å². The van der Waals surface area contributed by atoms with E-state index in [0.29, 0.717) is 23.2 Å². The van der Waals surface area contributed by atoms with Crippen LogP contribution >= 0.6 is 11.6 Å². The predicted molar refractivity (Wildman–Crippen MR) is 91.3 cm³/mol. The maximum absolute atomic E-state index is 13.9. The number of nitrogens with zero attached hydrogens (tertiary/aromatic N) is 1. The molecule has 128 valence electrons. The second-order valence-electron chi connectivity index (χ2n) is 6.71. The molecule has 0 saturated carbocycles. The smallest absolute Gasteiger partial charge is 0.129 e. The zero-order chi connectivity index (χ0) is 16.1. The lowest BCUT2D eigenvalue weighted by atomic mass is 9.98. The first-order chi connectivity index (χ1) is 11.2. The van der Waals surface area contributed by atoms with Gasteiger partial charge in [-0.2, -0.15) is 0 Å². The van der Waals surface area contributed by atoms with Gasteiger partial charge in [0.1, 0.15) is 5.82 Å². The molecule has 3 rings (SSSR count). The number of halogens is 2. The van der Waals surface area contributed by atoms with E-state index in [1.54, 1.807) is 12.1 Å². The maximum atomic E-state index is 13.9. The van der Waals surface area contributed by atoms with Crippen molar-refractivity contribution in [1.29, 1.82) is 0 Å². The highest BCUT2D eigenvalue weighted by atomic mass is 35.5. The van der Waals surface area contributed by atoms with E-state index in [9.17, 15) is 4.39 Å². The van der Waals surface area contributed by atoms with Crippen molar-refractivity contribution >= 4 is 11.6 Å². The van der Waals surface area contributed by atoms with Crippen LogP contribution in [0.1, 0.15) is 31.2 Å². The van der Waals surface area contributed by atoms with Gasteiger partial charge in [-0.05, 0) is 63.4 Å². The Hall–Kier alpha value is -0.680. The van der Waals surface area contributed by atoms with Crippen molar-refractivity contribution in [1.82, 2.24) is 10.2 Å². The third kappa shape index (κ3) is 4.90. The lowest BCUT2D eigenvalue weighted by Crippen LogP contribution is -2.44. The molecular formula is C18H26ClFN2O. The fourth-order valence-corrected chi connectivity index (χ4v) is 3.71. The van der Waals surface area contributed by atoms with Gasteiger partial charge in [0, 0.05) is 36.4 Å². The van der Waals surface area contributed by atoms with Gasteiger partial charge in [-0.15, -0.1) is 0 Å². The Balaban J connectivity index is 1.41. The van der Waals surface area contributed by atoms with E-state index in [4.69, 9.17) is 16.3 Å². The van der Waals surface area contributed by atoms with Crippen LogP contribution in [0.5, 0.6) is 0 Å². The van der Waals surface area contributed by atoms with Gasteiger partial charge in [0.25, 0.3) is 0 Å². The summed E-state index contributed by atoms with van der Waals surface area (Å²) in [6.45, 7) is 5.53. The number of likely N-dealkylation sites (tertiary alicyclic amines) is 1. The monoisotopic (exact) mass is 340 g/mol. The fourth-order valence-electron chi connectivity index (χ4n) is 3.49. The van der Waals surface area contributed by atoms with Gasteiger partial charge in [0.15, 0.2) is 0 Å². The Labute approximate surface area is 143 Å². The molecule has 0 bridgehead atoms. The van der Waals surface area contributed by atoms with E-state index in [1.165, 1.54) is 18.9 Å². The Morgan fingerprint density at radius 1 is 1.17 bits per heavy atom. The normalized spacial score (nSPS) is 21.7. The van der Waals surface area contributed by atoms with Crippen LogP contribution in [0.4, 0.5) is 4.39 Å². The lowest BCUT2D eigenvalue weighted by Gasteiger charge is -2.34. The summed E-state index contributed by atoms with van der Waals surface area (Å²) in [5.74, 6) is 0.566. The number of nitrogens with one attached hydrogen (secondary N) is 1. The van der Waals surface area contributed by atoms with Crippen LogP contribution in [0.15, 0.2) is 18.2 Å². The second kappa shape index (κ2) is 8.43. The largest absolute Gasteiger partial charge is 0.381 e. The molecule has 23 heavy (non-hydrogen) atoms. The molecule has 0 aromatic heterocycles. The van der Waals surface area contributed by atoms with E-state index in [0.717, 1.165) is 51.6 Å². The molecule has 2 fully saturated rings. The summed E-state index contributed by atoms with van der Waals surface area (Å²) in [4.78, 5) is 2.30. The topological polar surface area (TPSA) is 24.5 Å². The summed E-state index contributed by atoms with van der Waals surface area (Å²) in [6.07, 6.45) is 4.60. The minimum atomic E-state index is -0.197. The van der Waals surface area contributed by atoms with E-state index in [-0.39, 0.29) is 5.82 Å². The molecule has 0 atom stereocenters. The predicted octanol–water partition coefficient (Wildman–Crippen LogP) is 3.46. The van der Waals surface area contributed by atoms with Gasteiger partial charge in [0.2, 0.25) is 0 Å². The second-order valence-corrected chi connectivity index (χ2v) is 7.12. The van der Waals surface area contributed by atoms with Crippen molar-refractivity contribution in [2.24, 2.45) is 5.92 Å². The molecule has 2 aliphatic rings. The quantitative estimate of drug-likeness (QED) is 0.888. The van der Waals surface area contributed by atoms with Crippen LogP contribution in [-0.2, 0) is 11.3 Å². The Morgan fingerprint density at radius 3 is 2.61 bits per heavy atom. The van der Waals surface area contributed by atoms with E-state index in [1.807, 2.05) is 0 Å². The van der Waals surface area contributed by atoms with Crippen LogP contribution < -0.4 is 5.32 Å². The first kappa shape index (κ1) is 17.2. The van der Waals surface area contributed by atoms with Gasteiger partial charge < -0.3 is 10.1 Å². The number of hydrogen-bond donors (Lipinski definition) is 1. The number of ether oxygens (including phenoxy) is 1. The highest BCUT2D eigenvalue weighted by molar-refractivity contribution is 6.31. The Bertz CT molecular complexity index is 480. The molecule has 1 N–H and O–H groups in total. The summed E-state index contributed by atoms with van der Waals surface area (Å²) < 4.78 is 19.3. The minimum absolute atomic E-state index is 0.197. The van der Waals surface area contributed by atoms with Crippen LogP contribution in [0.3, 0.4) is 0 Å². The highest BCUT2D eigenvalue weighted by Crippen LogP contribution is 2.23. The zero-order valence-corrected chi connectivity index (χ0v) is 14.3. The average Bonchev–Trinajstić information content (AvgIpc) is 2.58. The van der Waals surface area contributed by atoms with Gasteiger partial charge in [-0.1, -0.05) is 17.7 Å². The fraction of sp³-hybridized carbons (Fsp3) is 0.667. The number of piperidine rings is 1. The third-order valence-corrected chi connectivity index (χ3v) is 5.42. The van der Waals surface area contributed by atoms with Crippen molar-refractivity contribution in [3.8, 4) is 0 Å². The number of hydrogen-bond acceptors (Lipinski definition) is 3. The molecule has 2 aliphatic heterocycles. The molecule has 1 aromatic carbocycles. The van der Waals surface area contributed by atoms with Gasteiger partial charge in [-0.25, -0.2) is 4.39 Å². The number of benzene rings is 1. The van der Waals surface area contributed by atoms with Crippen molar-refractivity contribution in [2.45, 2.75) is 38.3 Å². The first-order valence-electron chi connectivity index (χ1n) is 8.69. The van der Waals surface area contributed by atoms with Gasteiger partial charge >= 0.3 is 0 Å². The summed E-state index contributed by atoms with van der Waals surface area (Å²) in [5.41, 5.74) is 0.628. The third-order valence-electron chi connectivity index (χ3n) is 5.07. The molecule has 0 unspecified atom stereocenters. The van der Waals surface area contributed by atoms with E-state index >= 15 is 0 Å². The molecule has 2 saturated heterocycles. The Morgan fingerprint density at radius 2 is 1.91 bits per heavy atom. The molecule has 0 aliphatic carbocycles. The summed E-state index contributed by atoms with van der Waals surface area (Å²) in [5, 5.41) is 4.25. The van der Waals surface area contributed by atoms with Crippen molar-refractivity contribution in [2.75, 3.05) is 32.8 Å². The van der Waals surface area contributed by atoms with Crippen LogP contribution in [0.25, 0.3) is 0 Å².